The highest BCUT2D eigenvalue weighted by Crippen LogP contribution is 2.45. The summed E-state index contributed by atoms with van der Waals surface area (Å²) >= 11 is 0. The molecule has 1 unspecified atom stereocenters. The molecule has 198 valence electrons. The third-order valence-electron chi connectivity index (χ3n) is 7.80. The van der Waals surface area contributed by atoms with E-state index in [0.29, 0.717) is 43.5 Å². The summed E-state index contributed by atoms with van der Waals surface area (Å²) in [5, 5.41) is 13.2. The first-order valence-corrected chi connectivity index (χ1v) is 15.7. The van der Waals surface area contributed by atoms with Crippen molar-refractivity contribution >= 4 is 34.1 Å². The lowest BCUT2D eigenvalue weighted by molar-refractivity contribution is -0.0114. The van der Waals surface area contributed by atoms with Crippen molar-refractivity contribution in [3.8, 4) is 0 Å². The topological polar surface area (TPSA) is 125 Å². The molecule has 11 heteroatoms. The van der Waals surface area contributed by atoms with Crippen molar-refractivity contribution in [2.45, 2.75) is 75.9 Å². The van der Waals surface area contributed by atoms with Crippen LogP contribution >= 0.6 is 0 Å². The van der Waals surface area contributed by atoms with Crippen LogP contribution in [0.2, 0.25) is 18.1 Å². The number of hydrogen-bond donors (Lipinski definition) is 3. The third-order valence-corrected chi connectivity index (χ3v) is 11.3. The summed E-state index contributed by atoms with van der Waals surface area (Å²) in [6.07, 6.45) is 0.738. The number of hydrogen-bond acceptors (Lipinski definition) is 7. The fourth-order valence-electron chi connectivity index (χ4n) is 4.69. The number of unbranched alkanes of at least 4 members (excludes halogenated alkanes) is 2. The highest BCUT2D eigenvalue weighted by atomic mass is 28.4. The van der Waals surface area contributed by atoms with Gasteiger partial charge in [0.2, 0.25) is 0 Å². The minimum atomic E-state index is -2.42. The molecule has 4 atom stereocenters. The Kier molecular flexibility index (Phi) is 9.02. The van der Waals surface area contributed by atoms with Crippen LogP contribution in [0.4, 0.5) is 4.79 Å². The summed E-state index contributed by atoms with van der Waals surface area (Å²) in [7, 11) is -0.521. The van der Waals surface area contributed by atoms with E-state index in [1.807, 2.05) is 34.8 Å². The Bertz CT molecular complexity index is 933. The third kappa shape index (κ3) is 6.37. The van der Waals surface area contributed by atoms with Crippen LogP contribution in [0.1, 0.15) is 60.2 Å². The van der Waals surface area contributed by atoms with E-state index in [1.165, 1.54) is 4.90 Å². The van der Waals surface area contributed by atoms with Gasteiger partial charge in [-0.3, -0.25) is 14.5 Å². The predicted molar refractivity (Wildman–Crippen MR) is 140 cm³/mol. The fraction of sp³-hybridized carbons (Fsp3) is 0.640. The van der Waals surface area contributed by atoms with Crippen LogP contribution in [-0.2, 0) is 9.47 Å². The number of nitrogens with zero attached hydrogens (tertiary/aromatic N) is 1. The second-order valence-corrected chi connectivity index (χ2v) is 15.5. The number of benzene rings is 1. The van der Waals surface area contributed by atoms with E-state index in [1.54, 1.807) is 24.3 Å². The van der Waals surface area contributed by atoms with Crippen LogP contribution in [0.15, 0.2) is 24.3 Å². The van der Waals surface area contributed by atoms with Crippen molar-refractivity contribution in [1.82, 2.24) is 10.2 Å². The lowest BCUT2D eigenvalue weighted by Crippen LogP contribution is -2.43. The van der Waals surface area contributed by atoms with Gasteiger partial charge in [0.15, 0.2) is 8.32 Å². The van der Waals surface area contributed by atoms with Gasteiger partial charge in [0.25, 0.3) is 11.8 Å². The Morgan fingerprint density at radius 3 is 2.36 bits per heavy atom. The van der Waals surface area contributed by atoms with Crippen molar-refractivity contribution in [3.05, 3.63) is 35.4 Å². The molecule has 3 N–H and O–H groups in total. The molecule has 0 saturated carbocycles. The number of fused-ring (bicyclic) bond motifs is 1. The quantitative estimate of drug-likeness (QED) is 0.232. The number of imide groups is 1. The van der Waals surface area contributed by atoms with E-state index in [9.17, 15) is 24.3 Å². The number of nitrogens with one attached hydrogen (secondary N) is 1. The average Bonchev–Trinajstić information content (AvgIpc) is 3.21. The molecule has 0 radical (unpaired) electrons. The number of aliphatic hydroxyl groups excluding tert-OH is 1. The zero-order valence-corrected chi connectivity index (χ0v) is 23.0. The van der Waals surface area contributed by atoms with Crippen LogP contribution < -0.4 is 5.32 Å². The van der Waals surface area contributed by atoms with Crippen LogP contribution in [0.3, 0.4) is 0 Å². The van der Waals surface area contributed by atoms with Gasteiger partial charge < -0.3 is 24.7 Å². The Morgan fingerprint density at radius 2 is 1.78 bits per heavy atom. The van der Waals surface area contributed by atoms with E-state index in [0.717, 1.165) is 6.42 Å². The average molecular weight is 518 g/mol. The number of carbonyl (C=O) groups is 3. The van der Waals surface area contributed by atoms with Crippen molar-refractivity contribution in [2.75, 3.05) is 19.7 Å². The molecule has 9 nitrogen and oxygen atoms in total. The molecule has 0 bridgehead atoms. The van der Waals surface area contributed by atoms with Crippen molar-refractivity contribution in [3.63, 3.8) is 0 Å². The summed E-state index contributed by atoms with van der Waals surface area (Å²) in [5.41, 5.74) is 0.901. The van der Waals surface area contributed by atoms with E-state index < -0.39 is 26.6 Å². The molecule has 0 spiro atoms. The van der Waals surface area contributed by atoms with Gasteiger partial charge in [-0.15, -0.1) is 0 Å². The normalized spacial score (nSPS) is 24.2. The van der Waals surface area contributed by atoms with Gasteiger partial charge in [-0.2, -0.15) is 0 Å². The second-order valence-electron chi connectivity index (χ2n) is 11.1. The number of rotatable bonds is 11. The maximum atomic E-state index is 12.4. The van der Waals surface area contributed by atoms with Gasteiger partial charge >= 0.3 is 6.09 Å². The maximum Gasteiger partial charge on any atom is 0.407 e. The molecule has 1 aromatic rings. The van der Waals surface area contributed by atoms with Crippen molar-refractivity contribution < 1.29 is 33.8 Å². The van der Waals surface area contributed by atoms with Gasteiger partial charge in [-0.25, -0.2) is 4.79 Å². The highest BCUT2D eigenvalue weighted by Gasteiger charge is 2.47. The van der Waals surface area contributed by atoms with E-state index >= 15 is 0 Å². The molecule has 1 saturated heterocycles. The fourth-order valence-corrected chi connectivity index (χ4v) is 5.42. The standard InChI is InChI=1S/C25H39BN2O7Si/c1-25(2,36(3,4)33)14-18-20(29)19(35-21(18)26)15-34-24(32)27-12-8-5-9-13-28-22(30)16-10-6-7-11-17(16)23(28)31/h6-7,10-11,18-21,29,33H,5,8-9,12-15,26H2,1-4H3,(H,27,32)/t18-,19+,20?,21+/m0/s1. The van der Waals surface area contributed by atoms with Crippen molar-refractivity contribution in [2.24, 2.45) is 5.92 Å². The lowest BCUT2D eigenvalue weighted by atomic mass is 9.79. The summed E-state index contributed by atoms with van der Waals surface area (Å²) in [6, 6.07) is 6.63. The Hall–Kier alpha value is -2.21. The van der Waals surface area contributed by atoms with E-state index in [4.69, 9.17) is 9.47 Å². The molecule has 3 amide bonds. The number of alkyl carbamates (subject to hydrolysis) is 1. The molecule has 1 aromatic carbocycles. The predicted octanol–water partition coefficient (Wildman–Crippen LogP) is 1.88. The van der Waals surface area contributed by atoms with E-state index in [-0.39, 0.29) is 35.4 Å². The molecule has 2 heterocycles. The number of ether oxygens (including phenoxy) is 2. The first-order valence-electron chi connectivity index (χ1n) is 12.8. The van der Waals surface area contributed by atoms with Crippen LogP contribution in [0.25, 0.3) is 0 Å². The van der Waals surface area contributed by atoms with Gasteiger partial charge in [0.05, 0.1) is 17.2 Å². The zero-order chi connectivity index (χ0) is 26.7. The van der Waals surface area contributed by atoms with Crippen LogP contribution in [-0.4, -0.2) is 86.8 Å². The molecule has 36 heavy (non-hydrogen) atoms. The molecular weight excluding hydrogens is 479 g/mol. The maximum absolute atomic E-state index is 12.4. The van der Waals surface area contributed by atoms with Gasteiger partial charge in [-0.05, 0) is 55.9 Å². The molecule has 2 aliphatic rings. The molecular formula is C25H39BN2O7Si. The lowest BCUT2D eigenvalue weighted by Gasteiger charge is -2.38. The first kappa shape index (κ1) is 28.4. The minimum Gasteiger partial charge on any atom is -0.447 e. The smallest absolute Gasteiger partial charge is 0.407 e. The summed E-state index contributed by atoms with van der Waals surface area (Å²) in [5.74, 6) is -0.649. The molecule has 0 aliphatic carbocycles. The summed E-state index contributed by atoms with van der Waals surface area (Å²) in [4.78, 5) is 48.7. The number of aliphatic hydroxyl groups is 1. The molecule has 2 aliphatic heterocycles. The van der Waals surface area contributed by atoms with Crippen molar-refractivity contribution in [1.29, 1.82) is 0 Å². The molecule has 0 aromatic heterocycles. The van der Waals surface area contributed by atoms with Gasteiger partial charge in [-0.1, -0.05) is 26.0 Å². The van der Waals surface area contributed by atoms with Gasteiger partial charge in [0.1, 0.15) is 20.6 Å². The number of amides is 3. The molecule has 1 fully saturated rings. The highest BCUT2D eigenvalue weighted by molar-refractivity contribution is 6.72. The van der Waals surface area contributed by atoms with E-state index in [2.05, 4.69) is 5.32 Å². The Morgan fingerprint density at radius 1 is 1.17 bits per heavy atom. The Labute approximate surface area is 215 Å². The first-order chi connectivity index (χ1) is 16.8. The Balaban J connectivity index is 1.31. The molecule has 3 rings (SSSR count). The van der Waals surface area contributed by atoms with Crippen LogP contribution in [0.5, 0.6) is 0 Å². The SMILES string of the molecule is B[C@@H]1O[C@H](COC(=O)NCCCCCN2C(=O)c3ccccc3C2=O)C(O)[C@@H]1CC(C)(C)[Si](C)(C)O. The zero-order valence-electron chi connectivity index (χ0n) is 22.0. The van der Waals surface area contributed by atoms with Crippen LogP contribution in [0, 0.1) is 5.92 Å². The summed E-state index contributed by atoms with van der Waals surface area (Å²) in [6.45, 7) is 8.54. The summed E-state index contributed by atoms with van der Waals surface area (Å²) < 4.78 is 11.1. The minimum absolute atomic E-state index is 0.0477. The monoisotopic (exact) mass is 518 g/mol. The number of carbonyl (C=O) groups excluding carboxylic acids is 3. The van der Waals surface area contributed by atoms with Gasteiger partial charge in [0, 0.05) is 25.0 Å². The second kappa shape index (κ2) is 11.5. The largest absolute Gasteiger partial charge is 0.447 e.